The molecule has 16 heavy (non-hydrogen) atoms. The monoisotopic (exact) mass is 242 g/mol. The molecule has 0 bridgehead atoms. The lowest BCUT2D eigenvalue weighted by atomic mass is 10.0. The van der Waals surface area contributed by atoms with Crippen molar-refractivity contribution < 1.29 is 9.18 Å². The maximum atomic E-state index is 13.6. The zero-order chi connectivity index (χ0) is 11.7. The highest BCUT2D eigenvalue weighted by atomic mass is 35.5. The van der Waals surface area contributed by atoms with Crippen molar-refractivity contribution in [3.8, 4) is 0 Å². The van der Waals surface area contributed by atoms with Crippen LogP contribution in [0.5, 0.6) is 0 Å². The van der Waals surface area contributed by atoms with Crippen LogP contribution in [0.25, 0.3) is 0 Å². The van der Waals surface area contributed by atoms with Crippen LogP contribution in [0.2, 0.25) is 5.02 Å². The highest BCUT2D eigenvalue weighted by molar-refractivity contribution is 6.33. The SMILES string of the molecule is NC1CCCN(c2c(F)cccc2Cl)C1=O. The molecule has 0 radical (unpaired) electrons. The van der Waals surface area contributed by atoms with Crippen molar-refractivity contribution in [1.29, 1.82) is 0 Å². The van der Waals surface area contributed by atoms with E-state index in [1.54, 1.807) is 6.07 Å². The molecule has 0 spiro atoms. The van der Waals surface area contributed by atoms with Crippen LogP contribution < -0.4 is 10.6 Å². The van der Waals surface area contributed by atoms with Crippen LogP contribution >= 0.6 is 11.6 Å². The molecular weight excluding hydrogens is 231 g/mol. The molecule has 0 saturated carbocycles. The number of halogens is 2. The Morgan fingerprint density at radius 3 is 2.94 bits per heavy atom. The van der Waals surface area contributed by atoms with Crippen molar-refractivity contribution in [3.05, 3.63) is 29.0 Å². The molecule has 3 nitrogen and oxygen atoms in total. The van der Waals surface area contributed by atoms with Crippen LogP contribution in [0.15, 0.2) is 18.2 Å². The summed E-state index contributed by atoms with van der Waals surface area (Å²) in [5, 5.41) is 0.238. The second-order valence-electron chi connectivity index (χ2n) is 3.81. The number of carbonyl (C=O) groups is 1. The molecular formula is C11H12ClFN2O. The van der Waals surface area contributed by atoms with Gasteiger partial charge in [-0.1, -0.05) is 17.7 Å². The fraction of sp³-hybridized carbons (Fsp3) is 0.364. The summed E-state index contributed by atoms with van der Waals surface area (Å²) in [5.41, 5.74) is 5.79. The maximum absolute atomic E-state index is 13.6. The van der Waals surface area contributed by atoms with Gasteiger partial charge in [-0.2, -0.15) is 0 Å². The molecule has 1 aliphatic heterocycles. The van der Waals surface area contributed by atoms with Crippen molar-refractivity contribution >= 4 is 23.2 Å². The van der Waals surface area contributed by atoms with E-state index in [9.17, 15) is 9.18 Å². The number of anilines is 1. The lowest BCUT2D eigenvalue weighted by Crippen LogP contribution is -2.48. The van der Waals surface area contributed by atoms with Gasteiger partial charge >= 0.3 is 0 Å². The van der Waals surface area contributed by atoms with Gasteiger partial charge in [0.25, 0.3) is 0 Å². The highest BCUT2D eigenvalue weighted by Gasteiger charge is 2.29. The Labute approximate surface area is 98.0 Å². The topological polar surface area (TPSA) is 46.3 Å². The summed E-state index contributed by atoms with van der Waals surface area (Å²) in [7, 11) is 0. The van der Waals surface area contributed by atoms with Gasteiger partial charge in [-0.3, -0.25) is 4.79 Å². The first-order valence-electron chi connectivity index (χ1n) is 5.12. The molecule has 1 aromatic carbocycles. The minimum Gasteiger partial charge on any atom is -0.320 e. The number of carbonyl (C=O) groups excluding carboxylic acids is 1. The summed E-state index contributed by atoms with van der Waals surface area (Å²) in [6.45, 7) is 0.465. The highest BCUT2D eigenvalue weighted by Crippen LogP contribution is 2.31. The lowest BCUT2D eigenvalue weighted by molar-refractivity contribution is -0.120. The first kappa shape index (κ1) is 11.4. The predicted molar refractivity (Wildman–Crippen MR) is 61.0 cm³/mol. The van der Waals surface area contributed by atoms with Gasteiger partial charge in [-0.15, -0.1) is 0 Å². The van der Waals surface area contributed by atoms with Crippen molar-refractivity contribution in [2.45, 2.75) is 18.9 Å². The van der Waals surface area contributed by atoms with E-state index >= 15 is 0 Å². The van der Waals surface area contributed by atoms with Crippen molar-refractivity contribution in [1.82, 2.24) is 0 Å². The number of para-hydroxylation sites is 1. The Balaban J connectivity index is 2.40. The number of hydrogen-bond acceptors (Lipinski definition) is 2. The average Bonchev–Trinajstić information content (AvgIpc) is 2.24. The number of amides is 1. The van der Waals surface area contributed by atoms with E-state index in [1.165, 1.54) is 17.0 Å². The molecule has 1 heterocycles. The van der Waals surface area contributed by atoms with Crippen LogP contribution in [0.1, 0.15) is 12.8 Å². The number of nitrogens with two attached hydrogens (primary N) is 1. The normalized spacial score (nSPS) is 21.3. The van der Waals surface area contributed by atoms with Gasteiger partial charge in [0.05, 0.1) is 16.8 Å². The number of rotatable bonds is 1. The molecule has 1 amide bonds. The Hall–Kier alpha value is -1.13. The summed E-state index contributed by atoms with van der Waals surface area (Å²) in [5.74, 6) is -0.756. The maximum Gasteiger partial charge on any atom is 0.244 e. The van der Waals surface area contributed by atoms with Gasteiger partial charge in [-0.05, 0) is 25.0 Å². The van der Waals surface area contributed by atoms with Crippen molar-refractivity contribution in [2.24, 2.45) is 5.73 Å². The number of benzene rings is 1. The number of hydrogen-bond donors (Lipinski definition) is 1. The first-order valence-corrected chi connectivity index (χ1v) is 5.50. The van der Waals surface area contributed by atoms with Crippen LogP contribution in [0, 0.1) is 5.82 Å². The molecule has 5 heteroatoms. The van der Waals surface area contributed by atoms with E-state index in [4.69, 9.17) is 17.3 Å². The van der Waals surface area contributed by atoms with Gasteiger partial charge < -0.3 is 10.6 Å². The third-order valence-corrected chi connectivity index (χ3v) is 2.99. The van der Waals surface area contributed by atoms with Crippen molar-refractivity contribution in [2.75, 3.05) is 11.4 Å². The summed E-state index contributed by atoms with van der Waals surface area (Å²) < 4.78 is 13.6. The largest absolute Gasteiger partial charge is 0.320 e. The Morgan fingerprint density at radius 2 is 2.25 bits per heavy atom. The molecule has 2 rings (SSSR count). The van der Waals surface area contributed by atoms with Gasteiger partial charge in [0.2, 0.25) is 5.91 Å². The fourth-order valence-electron chi connectivity index (χ4n) is 1.87. The number of piperidine rings is 1. The Bertz CT molecular complexity index is 404. The van der Waals surface area contributed by atoms with Gasteiger partial charge in [0.15, 0.2) is 0 Å². The van der Waals surface area contributed by atoms with E-state index in [0.717, 1.165) is 6.42 Å². The van der Waals surface area contributed by atoms with E-state index in [-0.39, 0.29) is 16.6 Å². The summed E-state index contributed by atoms with van der Waals surface area (Å²) in [6, 6.07) is 3.81. The second kappa shape index (κ2) is 4.39. The molecule has 1 saturated heterocycles. The second-order valence-corrected chi connectivity index (χ2v) is 4.22. The molecule has 0 aromatic heterocycles. The molecule has 2 N–H and O–H groups in total. The summed E-state index contributed by atoms with van der Waals surface area (Å²) >= 11 is 5.90. The molecule has 1 unspecified atom stereocenters. The zero-order valence-electron chi connectivity index (χ0n) is 8.62. The van der Waals surface area contributed by atoms with Crippen LogP contribution in [0.4, 0.5) is 10.1 Å². The van der Waals surface area contributed by atoms with E-state index < -0.39 is 11.9 Å². The standard InChI is InChI=1S/C11H12ClFN2O/c12-7-3-1-4-8(13)10(7)15-6-2-5-9(14)11(15)16/h1,3-4,9H,2,5-6,14H2. The molecule has 1 aromatic rings. The van der Waals surface area contributed by atoms with E-state index in [1.807, 2.05) is 0 Å². The lowest BCUT2D eigenvalue weighted by Gasteiger charge is -2.31. The van der Waals surface area contributed by atoms with Crippen LogP contribution in [0.3, 0.4) is 0 Å². The summed E-state index contributed by atoms with van der Waals surface area (Å²) in [6.07, 6.45) is 1.40. The van der Waals surface area contributed by atoms with E-state index in [0.29, 0.717) is 13.0 Å². The number of nitrogens with zero attached hydrogens (tertiary/aromatic N) is 1. The molecule has 1 atom stereocenters. The van der Waals surface area contributed by atoms with Gasteiger partial charge in [0.1, 0.15) is 5.82 Å². The quantitative estimate of drug-likeness (QED) is 0.818. The van der Waals surface area contributed by atoms with Gasteiger partial charge in [0, 0.05) is 6.54 Å². The summed E-state index contributed by atoms with van der Waals surface area (Å²) in [4.78, 5) is 13.1. The Kier molecular flexibility index (Phi) is 3.12. The molecule has 86 valence electrons. The average molecular weight is 243 g/mol. The van der Waals surface area contributed by atoms with E-state index in [2.05, 4.69) is 0 Å². The molecule has 1 fully saturated rings. The minimum absolute atomic E-state index is 0.143. The molecule has 0 aliphatic carbocycles. The third-order valence-electron chi connectivity index (χ3n) is 2.69. The third kappa shape index (κ3) is 1.90. The van der Waals surface area contributed by atoms with Crippen molar-refractivity contribution in [3.63, 3.8) is 0 Å². The first-order chi connectivity index (χ1) is 7.61. The minimum atomic E-state index is -0.551. The van der Waals surface area contributed by atoms with Gasteiger partial charge in [-0.25, -0.2) is 4.39 Å². The Morgan fingerprint density at radius 1 is 1.50 bits per heavy atom. The van der Waals surface area contributed by atoms with Crippen LogP contribution in [-0.4, -0.2) is 18.5 Å². The predicted octanol–water partition coefficient (Wildman–Crippen LogP) is 1.93. The zero-order valence-corrected chi connectivity index (χ0v) is 9.38. The van der Waals surface area contributed by atoms with Crippen LogP contribution in [-0.2, 0) is 4.79 Å². The molecule has 1 aliphatic rings. The fourth-order valence-corrected chi connectivity index (χ4v) is 2.14. The smallest absolute Gasteiger partial charge is 0.244 e.